The first-order valence-corrected chi connectivity index (χ1v) is 10.6. The third-order valence-electron chi connectivity index (χ3n) is 5.01. The largest absolute Gasteiger partial charge is 0.352 e. The molecule has 1 amide bonds. The molecule has 1 aliphatic rings. The van der Waals surface area contributed by atoms with Gasteiger partial charge in [0, 0.05) is 26.2 Å². The van der Waals surface area contributed by atoms with Gasteiger partial charge in [0.2, 0.25) is 0 Å². The molecule has 150 valence electrons. The number of hydrogen-bond donors (Lipinski definition) is 0. The van der Waals surface area contributed by atoms with E-state index >= 15 is 0 Å². The zero-order valence-electron chi connectivity index (χ0n) is 16.1. The molecular weight excluding hydrogens is 398 g/mol. The summed E-state index contributed by atoms with van der Waals surface area (Å²) < 4.78 is 0. The molecule has 0 bridgehead atoms. The molecule has 0 N–H and O–H groups in total. The van der Waals surface area contributed by atoms with Crippen LogP contribution in [0, 0.1) is 0 Å². The summed E-state index contributed by atoms with van der Waals surface area (Å²) in [6.45, 7) is 2.61. The number of aromatic nitrogens is 5. The van der Waals surface area contributed by atoms with Gasteiger partial charge in [-0.3, -0.25) is 4.79 Å². The summed E-state index contributed by atoms with van der Waals surface area (Å²) in [7, 11) is 0. The van der Waals surface area contributed by atoms with Crippen LogP contribution in [0.2, 0.25) is 0 Å². The predicted molar refractivity (Wildman–Crippen MR) is 115 cm³/mol. The van der Waals surface area contributed by atoms with Gasteiger partial charge in [0.25, 0.3) is 5.91 Å². The van der Waals surface area contributed by atoms with Crippen LogP contribution >= 0.6 is 11.3 Å². The van der Waals surface area contributed by atoms with Crippen LogP contribution in [0.4, 0.5) is 5.82 Å². The van der Waals surface area contributed by atoms with Crippen molar-refractivity contribution in [3.8, 4) is 16.3 Å². The number of para-hydroxylation sites is 1. The van der Waals surface area contributed by atoms with Crippen LogP contribution < -0.4 is 4.90 Å². The molecule has 0 radical (unpaired) electrons. The number of amides is 1. The van der Waals surface area contributed by atoms with Crippen LogP contribution in [0.3, 0.4) is 0 Å². The number of nitrogens with zero attached hydrogens (tertiary/aromatic N) is 7. The van der Waals surface area contributed by atoms with Crippen molar-refractivity contribution in [2.45, 2.75) is 0 Å². The van der Waals surface area contributed by atoms with Crippen molar-refractivity contribution in [1.82, 2.24) is 30.1 Å². The van der Waals surface area contributed by atoms with Gasteiger partial charge in [0.15, 0.2) is 11.5 Å². The second kappa shape index (κ2) is 8.03. The normalized spacial score (nSPS) is 14.1. The third-order valence-corrected chi connectivity index (χ3v) is 5.91. The highest BCUT2D eigenvalue weighted by atomic mass is 32.1. The van der Waals surface area contributed by atoms with Crippen LogP contribution in [0.15, 0.2) is 66.2 Å². The van der Waals surface area contributed by atoms with Crippen LogP contribution in [0.5, 0.6) is 0 Å². The minimum absolute atomic E-state index is 0.101. The lowest BCUT2D eigenvalue weighted by Crippen LogP contribution is -2.49. The Balaban J connectivity index is 1.22. The molecule has 1 fully saturated rings. The molecule has 0 saturated carbocycles. The smallest absolute Gasteiger partial charge is 0.276 e. The molecule has 0 spiro atoms. The Hall–Kier alpha value is -3.59. The molecular formula is C21H19N7OS. The van der Waals surface area contributed by atoms with E-state index in [0.717, 1.165) is 22.1 Å². The molecule has 1 saturated heterocycles. The Morgan fingerprint density at radius 3 is 2.43 bits per heavy atom. The van der Waals surface area contributed by atoms with E-state index < -0.39 is 0 Å². The molecule has 1 aromatic carbocycles. The van der Waals surface area contributed by atoms with Crippen LogP contribution in [-0.2, 0) is 0 Å². The quantitative estimate of drug-likeness (QED) is 0.508. The van der Waals surface area contributed by atoms with Crippen molar-refractivity contribution >= 4 is 23.1 Å². The van der Waals surface area contributed by atoms with Crippen molar-refractivity contribution in [2.24, 2.45) is 0 Å². The molecule has 0 aliphatic carbocycles. The highest BCUT2D eigenvalue weighted by Gasteiger charge is 2.25. The van der Waals surface area contributed by atoms with Gasteiger partial charge in [-0.2, -0.15) is 9.90 Å². The first-order chi connectivity index (χ1) is 14.8. The lowest BCUT2D eigenvalue weighted by atomic mass is 10.2. The monoisotopic (exact) mass is 417 g/mol. The SMILES string of the molecule is O=C(c1cnn(-c2ccccc2)n1)N1CCN(c2ccc(-c3cccs3)nn2)CC1. The number of anilines is 1. The van der Waals surface area contributed by atoms with Crippen LogP contribution in [0.25, 0.3) is 16.3 Å². The van der Waals surface area contributed by atoms with Gasteiger partial charge < -0.3 is 9.80 Å². The first-order valence-electron chi connectivity index (χ1n) is 9.67. The Morgan fingerprint density at radius 1 is 0.900 bits per heavy atom. The summed E-state index contributed by atoms with van der Waals surface area (Å²) in [5, 5.41) is 19.3. The number of benzene rings is 1. The average molecular weight is 417 g/mol. The molecule has 5 rings (SSSR count). The van der Waals surface area contributed by atoms with Gasteiger partial charge in [-0.15, -0.1) is 26.6 Å². The minimum atomic E-state index is -0.101. The van der Waals surface area contributed by atoms with Gasteiger partial charge in [0.05, 0.1) is 16.8 Å². The summed E-state index contributed by atoms with van der Waals surface area (Å²) in [5.41, 5.74) is 2.06. The fraction of sp³-hybridized carbons (Fsp3) is 0.190. The minimum Gasteiger partial charge on any atom is -0.352 e. The van der Waals surface area contributed by atoms with Gasteiger partial charge in [-0.1, -0.05) is 24.3 Å². The molecule has 0 unspecified atom stereocenters. The standard InChI is InChI=1S/C21H19N7OS/c29-21(18-15-22-28(25-18)16-5-2-1-3-6-16)27-12-10-26(11-13-27)20-9-8-17(23-24-20)19-7-4-14-30-19/h1-9,14-15H,10-13H2. The zero-order valence-corrected chi connectivity index (χ0v) is 16.9. The first kappa shape index (κ1) is 18.4. The number of thiophene rings is 1. The Kier molecular flexibility index (Phi) is 4.94. The van der Waals surface area contributed by atoms with Crippen LogP contribution in [0.1, 0.15) is 10.5 Å². The van der Waals surface area contributed by atoms with E-state index in [9.17, 15) is 4.79 Å². The lowest BCUT2D eigenvalue weighted by Gasteiger charge is -2.34. The average Bonchev–Trinajstić information content (AvgIpc) is 3.52. The van der Waals surface area contributed by atoms with Crippen molar-refractivity contribution in [3.05, 3.63) is 71.9 Å². The zero-order chi connectivity index (χ0) is 20.3. The van der Waals surface area contributed by atoms with E-state index in [0.29, 0.717) is 31.9 Å². The summed E-state index contributed by atoms with van der Waals surface area (Å²) in [6, 6.07) is 17.6. The Labute approximate surface area is 177 Å². The molecule has 1 aliphatic heterocycles. The molecule has 4 heterocycles. The summed E-state index contributed by atoms with van der Waals surface area (Å²) in [6.07, 6.45) is 1.52. The Morgan fingerprint density at radius 2 is 1.73 bits per heavy atom. The highest BCUT2D eigenvalue weighted by Crippen LogP contribution is 2.23. The molecule has 8 nitrogen and oxygen atoms in total. The Bertz CT molecular complexity index is 1120. The van der Waals surface area contributed by atoms with Crippen molar-refractivity contribution in [2.75, 3.05) is 31.1 Å². The fourth-order valence-electron chi connectivity index (χ4n) is 3.40. The predicted octanol–water partition coefficient (Wildman–Crippen LogP) is 2.75. The second-order valence-corrected chi connectivity index (χ2v) is 7.84. The fourth-order valence-corrected chi connectivity index (χ4v) is 4.09. The van der Waals surface area contributed by atoms with Gasteiger partial charge in [-0.05, 0) is 35.7 Å². The molecule has 9 heteroatoms. The lowest BCUT2D eigenvalue weighted by molar-refractivity contribution is 0.0740. The van der Waals surface area contributed by atoms with E-state index in [-0.39, 0.29) is 5.91 Å². The topological polar surface area (TPSA) is 80.0 Å². The van der Waals surface area contributed by atoms with Crippen LogP contribution in [-0.4, -0.2) is 62.2 Å². The molecule has 4 aromatic rings. The number of rotatable bonds is 4. The highest BCUT2D eigenvalue weighted by molar-refractivity contribution is 7.13. The maximum absolute atomic E-state index is 12.8. The van der Waals surface area contributed by atoms with Crippen molar-refractivity contribution in [1.29, 1.82) is 0 Å². The van der Waals surface area contributed by atoms with E-state index in [1.165, 1.54) is 11.0 Å². The maximum Gasteiger partial charge on any atom is 0.276 e. The van der Waals surface area contributed by atoms with Gasteiger partial charge >= 0.3 is 0 Å². The van der Waals surface area contributed by atoms with Gasteiger partial charge in [0.1, 0.15) is 5.69 Å². The number of hydrogen-bond acceptors (Lipinski definition) is 7. The van der Waals surface area contributed by atoms with E-state index in [2.05, 4.69) is 25.3 Å². The summed E-state index contributed by atoms with van der Waals surface area (Å²) in [5.74, 6) is 0.730. The summed E-state index contributed by atoms with van der Waals surface area (Å²) in [4.78, 5) is 19.4. The van der Waals surface area contributed by atoms with E-state index in [1.807, 2.05) is 64.9 Å². The van der Waals surface area contributed by atoms with E-state index in [4.69, 9.17) is 0 Å². The number of carbonyl (C=O) groups excluding carboxylic acids is 1. The van der Waals surface area contributed by atoms with Crippen molar-refractivity contribution in [3.63, 3.8) is 0 Å². The number of carbonyl (C=O) groups is 1. The third kappa shape index (κ3) is 3.67. The maximum atomic E-state index is 12.8. The second-order valence-electron chi connectivity index (χ2n) is 6.89. The number of piperazine rings is 1. The van der Waals surface area contributed by atoms with Gasteiger partial charge in [-0.25, -0.2) is 0 Å². The van der Waals surface area contributed by atoms with E-state index in [1.54, 1.807) is 11.3 Å². The molecule has 0 atom stereocenters. The summed E-state index contributed by atoms with van der Waals surface area (Å²) >= 11 is 1.65. The van der Waals surface area contributed by atoms with Crippen molar-refractivity contribution < 1.29 is 4.79 Å². The molecule has 3 aromatic heterocycles. The molecule has 30 heavy (non-hydrogen) atoms.